The average Bonchev–Trinajstić information content (AvgIpc) is 1.89. The smallest absolute Gasteiger partial charge is 0.243 e. The van der Waals surface area contributed by atoms with Gasteiger partial charge in [-0.15, -0.1) is 12.3 Å². The molecule has 0 aromatic rings. The highest BCUT2D eigenvalue weighted by molar-refractivity contribution is 5.86. The average molecular weight is 123 g/mol. The zero-order valence-corrected chi connectivity index (χ0v) is 5.18. The van der Waals surface area contributed by atoms with Crippen LogP contribution in [0, 0.1) is 12.3 Å². The van der Waals surface area contributed by atoms with Crippen LogP contribution in [0.15, 0.2) is 12.7 Å². The van der Waals surface area contributed by atoms with Crippen molar-refractivity contribution in [2.75, 3.05) is 6.54 Å². The molecule has 0 aliphatic rings. The first-order valence-electron chi connectivity index (χ1n) is 2.65. The number of hydrogen-bond acceptors (Lipinski definition) is 1. The first-order valence-corrected chi connectivity index (χ1v) is 2.65. The highest BCUT2D eigenvalue weighted by Crippen LogP contribution is 1.70. The van der Waals surface area contributed by atoms with Crippen molar-refractivity contribution in [3.8, 4) is 12.3 Å². The van der Waals surface area contributed by atoms with Crippen LogP contribution in [0.3, 0.4) is 0 Å². The zero-order valence-electron chi connectivity index (χ0n) is 5.18. The molecule has 0 atom stereocenters. The summed E-state index contributed by atoms with van der Waals surface area (Å²) >= 11 is 0. The molecule has 0 rings (SSSR count). The van der Waals surface area contributed by atoms with Crippen LogP contribution in [-0.4, -0.2) is 12.5 Å². The van der Waals surface area contributed by atoms with Gasteiger partial charge in [-0.2, -0.15) is 0 Å². The van der Waals surface area contributed by atoms with Crippen LogP contribution >= 0.6 is 0 Å². The second kappa shape index (κ2) is 4.92. The van der Waals surface area contributed by atoms with Gasteiger partial charge in [0.05, 0.1) is 0 Å². The van der Waals surface area contributed by atoms with E-state index in [1.54, 1.807) is 0 Å². The van der Waals surface area contributed by atoms with Gasteiger partial charge in [-0.3, -0.25) is 4.79 Å². The number of rotatable bonds is 3. The van der Waals surface area contributed by atoms with Gasteiger partial charge in [0.25, 0.3) is 0 Å². The van der Waals surface area contributed by atoms with Crippen LogP contribution in [-0.2, 0) is 4.79 Å². The van der Waals surface area contributed by atoms with E-state index in [2.05, 4.69) is 17.8 Å². The molecule has 2 heteroatoms. The highest BCUT2D eigenvalue weighted by Gasteiger charge is 1.87. The molecule has 0 bridgehead atoms. The van der Waals surface area contributed by atoms with E-state index >= 15 is 0 Å². The number of terminal acetylenes is 1. The van der Waals surface area contributed by atoms with Crippen LogP contribution in [0.5, 0.6) is 0 Å². The summed E-state index contributed by atoms with van der Waals surface area (Å²) in [6, 6.07) is 0. The topological polar surface area (TPSA) is 29.1 Å². The Morgan fingerprint density at radius 1 is 1.89 bits per heavy atom. The van der Waals surface area contributed by atoms with Gasteiger partial charge in [-0.1, -0.05) is 6.58 Å². The van der Waals surface area contributed by atoms with Crippen LogP contribution in [0.4, 0.5) is 0 Å². The van der Waals surface area contributed by atoms with E-state index in [4.69, 9.17) is 6.42 Å². The van der Waals surface area contributed by atoms with E-state index in [0.29, 0.717) is 13.0 Å². The molecule has 0 aromatic carbocycles. The lowest BCUT2D eigenvalue weighted by molar-refractivity contribution is -0.116. The third-order valence-electron chi connectivity index (χ3n) is 0.754. The van der Waals surface area contributed by atoms with E-state index in [9.17, 15) is 4.79 Å². The monoisotopic (exact) mass is 123 g/mol. The molecule has 0 unspecified atom stereocenters. The number of hydrogen-bond donors (Lipinski definition) is 1. The summed E-state index contributed by atoms with van der Waals surface area (Å²) in [6.45, 7) is 3.80. The summed E-state index contributed by atoms with van der Waals surface area (Å²) in [6.07, 6.45) is 6.72. The molecule has 0 saturated heterocycles. The van der Waals surface area contributed by atoms with Gasteiger partial charge < -0.3 is 5.32 Å². The fourth-order valence-corrected chi connectivity index (χ4v) is 0.330. The molecule has 0 heterocycles. The first kappa shape index (κ1) is 7.77. The van der Waals surface area contributed by atoms with E-state index in [-0.39, 0.29) is 5.91 Å². The maximum absolute atomic E-state index is 10.4. The maximum Gasteiger partial charge on any atom is 0.243 e. The lowest BCUT2D eigenvalue weighted by Gasteiger charge is -1.94. The number of carbonyl (C=O) groups is 1. The van der Waals surface area contributed by atoms with Gasteiger partial charge in [0.1, 0.15) is 0 Å². The second-order valence-electron chi connectivity index (χ2n) is 1.45. The molecular formula is C7H9NO. The SMILES string of the molecule is C#CCCNC(=O)C=C. The van der Waals surface area contributed by atoms with Crippen molar-refractivity contribution < 1.29 is 4.79 Å². The standard InChI is InChI=1S/C7H9NO/c1-3-5-6-8-7(9)4-2/h1,4H,2,5-6H2,(H,8,9). The molecule has 48 valence electrons. The quantitative estimate of drug-likeness (QED) is 0.326. The fraction of sp³-hybridized carbons (Fsp3) is 0.286. The summed E-state index contributed by atoms with van der Waals surface area (Å²) in [7, 11) is 0. The third kappa shape index (κ3) is 4.63. The summed E-state index contributed by atoms with van der Waals surface area (Å²) in [5.41, 5.74) is 0. The number of amides is 1. The minimum absolute atomic E-state index is 0.176. The van der Waals surface area contributed by atoms with E-state index in [0.717, 1.165) is 0 Å². The van der Waals surface area contributed by atoms with Crippen molar-refractivity contribution in [2.24, 2.45) is 0 Å². The predicted molar refractivity (Wildman–Crippen MR) is 36.7 cm³/mol. The number of carbonyl (C=O) groups excluding carboxylic acids is 1. The third-order valence-corrected chi connectivity index (χ3v) is 0.754. The molecule has 0 fully saturated rings. The summed E-state index contributed by atoms with van der Waals surface area (Å²) < 4.78 is 0. The lowest BCUT2D eigenvalue weighted by Crippen LogP contribution is -2.21. The Morgan fingerprint density at radius 3 is 3.00 bits per heavy atom. The van der Waals surface area contributed by atoms with Crippen LogP contribution < -0.4 is 5.32 Å². The first-order chi connectivity index (χ1) is 4.31. The zero-order chi connectivity index (χ0) is 7.11. The molecule has 0 aliphatic carbocycles. The molecule has 0 aromatic heterocycles. The largest absolute Gasteiger partial charge is 0.352 e. The molecule has 1 amide bonds. The van der Waals surface area contributed by atoms with E-state index in [1.165, 1.54) is 6.08 Å². The molecular weight excluding hydrogens is 114 g/mol. The van der Waals surface area contributed by atoms with E-state index < -0.39 is 0 Å². The van der Waals surface area contributed by atoms with Gasteiger partial charge in [-0.05, 0) is 6.08 Å². The molecule has 0 aliphatic heterocycles. The normalized spacial score (nSPS) is 7.44. The molecule has 2 nitrogen and oxygen atoms in total. The Hall–Kier alpha value is -1.23. The Kier molecular flexibility index (Phi) is 4.25. The summed E-state index contributed by atoms with van der Waals surface area (Å²) in [5.74, 6) is 2.22. The van der Waals surface area contributed by atoms with Crippen LogP contribution in [0.1, 0.15) is 6.42 Å². The fourth-order valence-electron chi connectivity index (χ4n) is 0.330. The van der Waals surface area contributed by atoms with Crippen molar-refractivity contribution >= 4 is 5.91 Å². The highest BCUT2D eigenvalue weighted by atomic mass is 16.1. The van der Waals surface area contributed by atoms with Crippen molar-refractivity contribution in [3.63, 3.8) is 0 Å². The molecule has 0 saturated carbocycles. The molecule has 0 spiro atoms. The van der Waals surface area contributed by atoms with Gasteiger partial charge in [-0.25, -0.2) is 0 Å². The van der Waals surface area contributed by atoms with Gasteiger partial charge in [0.15, 0.2) is 0 Å². The predicted octanol–water partition coefficient (Wildman–Crippen LogP) is 0.312. The Balaban J connectivity index is 3.19. The Labute approximate surface area is 54.9 Å². The maximum atomic E-state index is 10.4. The summed E-state index contributed by atoms with van der Waals surface area (Å²) in [5, 5.41) is 2.53. The Morgan fingerprint density at radius 2 is 2.56 bits per heavy atom. The van der Waals surface area contributed by atoms with E-state index in [1.807, 2.05) is 0 Å². The number of nitrogens with one attached hydrogen (secondary N) is 1. The van der Waals surface area contributed by atoms with Gasteiger partial charge in [0, 0.05) is 13.0 Å². The minimum Gasteiger partial charge on any atom is -0.352 e. The van der Waals surface area contributed by atoms with Crippen LogP contribution in [0.2, 0.25) is 0 Å². The molecule has 0 radical (unpaired) electrons. The van der Waals surface area contributed by atoms with Crippen molar-refractivity contribution in [1.29, 1.82) is 0 Å². The Bertz CT molecular complexity index is 143. The van der Waals surface area contributed by atoms with Crippen LogP contribution in [0.25, 0.3) is 0 Å². The van der Waals surface area contributed by atoms with Gasteiger partial charge >= 0.3 is 0 Å². The minimum atomic E-state index is -0.176. The molecule has 1 N–H and O–H groups in total. The van der Waals surface area contributed by atoms with Gasteiger partial charge in [0.2, 0.25) is 5.91 Å². The second-order valence-corrected chi connectivity index (χ2v) is 1.45. The van der Waals surface area contributed by atoms with Crippen molar-refractivity contribution in [1.82, 2.24) is 5.32 Å². The molecule has 9 heavy (non-hydrogen) atoms. The lowest BCUT2D eigenvalue weighted by atomic mass is 10.4. The van der Waals surface area contributed by atoms with Crippen molar-refractivity contribution in [3.05, 3.63) is 12.7 Å². The van der Waals surface area contributed by atoms with Crippen molar-refractivity contribution in [2.45, 2.75) is 6.42 Å². The summed E-state index contributed by atoms with van der Waals surface area (Å²) in [4.78, 5) is 10.4.